The third-order valence-corrected chi connectivity index (χ3v) is 9.32. The molecule has 2 heterocycles. The van der Waals surface area contributed by atoms with Gasteiger partial charge in [0.2, 0.25) is 5.91 Å². The summed E-state index contributed by atoms with van der Waals surface area (Å²) in [7, 11) is 0. The smallest absolute Gasteiger partial charge is 0.240 e. The monoisotopic (exact) mass is 433 g/mol. The molecule has 2 saturated heterocycles. The Hall–Kier alpha value is -1.68. The third kappa shape index (κ3) is 3.28. The number of carbonyl (C=O) groups excluding carboxylic acids is 1. The van der Waals surface area contributed by atoms with Gasteiger partial charge in [-0.15, -0.1) is 0 Å². The van der Waals surface area contributed by atoms with Gasteiger partial charge in [0.1, 0.15) is 5.84 Å². The first-order valence-electron chi connectivity index (χ1n) is 13.1. The highest BCUT2D eigenvalue weighted by Crippen LogP contribution is 2.58. The second kappa shape index (κ2) is 7.41. The number of hydrogen-bond donors (Lipinski definition) is 0. The van der Waals surface area contributed by atoms with Crippen molar-refractivity contribution >= 4 is 17.4 Å². The predicted octanol–water partition coefficient (Wildman–Crippen LogP) is 5.59. The molecular weight excluding hydrogens is 394 g/mol. The molecule has 1 aromatic rings. The second-order valence-electron chi connectivity index (χ2n) is 12.3. The molecule has 0 unspecified atom stereocenters. The largest absolute Gasteiger partial charge is 0.293 e. The molecular formula is C28H39N3O. The Morgan fingerprint density at radius 3 is 2.00 bits per heavy atom. The molecule has 6 fully saturated rings. The zero-order chi connectivity index (χ0) is 22.1. The van der Waals surface area contributed by atoms with E-state index >= 15 is 0 Å². The summed E-state index contributed by atoms with van der Waals surface area (Å²) in [5.41, 5.74) is 1.84. The van der Waals surface area contributed by atoms with Gasteiger partial charge in [0.15, 0.2) is 0 Å². The number of rotatable bonds is 3. The Labute approximate surface area is 193 Å². The molecule has 1 aromatic carbocycles. The number of benzene rings is 1. The Morgan fingerprint density at radius 1 is 0.875 bits per heavy atom. The van der Waals surface area contributed by atoms with Crippen LogP contribution in [0, 0.1) is 30.1 Å². The first kappa shape index (κ1) is 20.9. The molecule has 4 heteroatoms. The summed E-state index contributed by atoms with van der Waals surface area (Å²) in [6.45, 7) is 8.61. The van der Waals surface area contributed by atoms with Crippen molar-refractivity contribution in [2.24, 2.45) is 28.2 Å². The normalized spacial score (nSPS) is 39.9. The van der Waals surface area contributed by atoms with Crippen molar-refractivity contribution in [1.29, 1.82) is 0 Å². The highest BCUT2D eigenvalue weighted by molar-refractivity contribution is 6.27. The minimum Gasteiger partial charge on any atom is -0.293 e. The maximum atomic E-state index is 14.0. The van der Waals surface area contributed by atoms with Crippen LogP contribution in [0.4, 0.5) is 5.69 Å². The van der Waals surface area contributed by atoms with Gasteiger partial charge >= 0.3 is 0 Å². The first-order chi connectivity index (χ1) is 15.3. The molecule has 172 valence electrons. The van der Waals surface area contributed by atoms with Gasteiger partial charge in [-0.3, -0.25) is 19.6 Å². The molecule has 4 nitrogen and oxygen atoms in total. The van der Waals surface area contributed by atoms with Crippen LogP contribution in [0.2, 0.25) is 0 Å². The fourth-order valence-electron chi connectivity index (χ4n) is 8.25. The van der Waals surface area contributed by atoms with Crippen LogP contribution in [0.25, 0.3) is 0 Å². The predicted molar refractivity (Wildman–Crippen MR) is 130 cm³/mol. The van der Waals surface area contributed by atoms with E-state index in [1.807, 2.05) is 4.90 Å². The molecule has 0 spiro atoms. The molecule has 4 bridgehead atoms. The molecule has 6 aliphatic rings. The summed E-state index contributed by atoms with van der Waals surface area (Å²) in [5, 5.41) is 0. The zero-order valence-electron chi connectivity index (χ0n) is 20.1. The van der Waals surface area contributed by atoms with E-state index in [1.165, 1.54) is 63.4 Å². The van der Waals surface area contributed by atoms with Gasteiger partial charge in [0.25, 0.3) is 0 Å². The van der Waals surface area contributed by atoms with Crippen molar-refractivity contribution in [1.82, 2.24) is 4.90 Å². The van der Waals surface area contributed by atoms with Gasteiger partial charge < -0.3 is 0 Å². The highest BCUT2D eigenvalue weighted by Gasteiger charge is 2.57. The number of nitrogens with zero attached hydrogens (tertiary/aromatic N) is 3. The lowest BCUT2D eigenvalue weighted by atomic mass is 9.53. The van der Waals surface area contributed by atoms with Crippen molar-refractivity contribution in [2.45, 2.75) is 90.1 Å². The summed E-state index contributed by atoms with van der Waals surface area (Å²) in [4.78, 5) is 24.3. The molecule has 32 heavy (non-hydrogen) atoms. The van der Waals surface area contributed by atoms with Gasteiger partial charge in [-0.05, 0) is 115 Å². The summed E-state index contributed by atoms with van der Waals surface area (Å²) >= 11 is 0. The summed E-state index contributed by atoms with van der Waals surface area (Å²) < 4.78 is 0. The number of aliphatic imine (C=N–C) groups is 1. The molecule has 0 radical (unpaired) electrons. The van der Waals surface area contributed by atoms with Crippen LogP contribution < -0.4 is 4.90 Å². The lowest BCUT2D eigenvalue weighted by Crippen LogP contribution is -2.53. The van der Waals surface area contributed by atoms with E-state index < -0.39 is 5.41 Å². The number of carbonyl (C=O) groups is 1. The van der Waals surface area contributed by atoms with E-state index in [4.69, 9.17) is 4.99 Å². The Kier molecular flexibility index (Phi) is 4.84. The number of amidine groups is 1. The molecule has 4 aliphatic carbocycles. The molecule has 2 aliphatic heterocycles. The van der Waals surface area contributed by atoms with E-state index in [0.717, 1.165) is 42.4 Å². The van der Waals surface area contributed by atoms with Gasteiger partial charge in [-0.2, -0.15) is 0 Å². The number of piperidine rings is 1. The molecule has 4 saturated carbocycles. The standard InChI is InChI=1S/C28H39N3O/c1-19-7-9-23(10-8-19)31-25(24(27(2,3)26(31)32)30-11-5-4-6-12-30)29-28-16-20-13-21(17-28)15-22(14-20)18-28/h7-10,20-22,24H,4-6,11-18H2,1-3H3/t20?,21?,22?,24-,28?/m1/s1. The Morgan fingerprint density at radius 2 is 1.44 bits per heavy atom. The van der Waals surface area contributed by atoms with E-state index in [0.29, 0.717) is 0 Å². The molecule has 7 rings (SSSR count). The van der Waals surface area contributed by atoms with E-state index in [9.17, 15) is 4.79 Å². The van der Waals surface area contributed by atoms with Crippen molar-refractivity contribution in [3.63, 3.8) is 0 Å². The minimum atomic E-state index is -0.455. The van der Waals surface area contributed by atoms with Crippen LogP contribution in [0.15, 0.2) is 29.3 Å². The molecule has 1 atom stereocenters. The highest BCUT2D eigenvalue weighted by atomic mass is 16.2. The van der Waals surface area contributed by atoms with Crippen LogP contribution in [0.1, 0.15) is 77.2 Å². The number of amides is 1. The van der Waals surface area contributed by atoms with Gasteiger partial charge in [-0.1, -0.05) is 24.1 Å². The van der Waals surface area contributed by atoms with Crippen LogP contribution in [-0.2, 0) is 4.79 Å². The molecule has 1 amide bonds. The lowest BCUT2D eigenvalue weighted by molar-refractivity contribution is -0.125. The van der Waals surface area contributed by atoms with E-state index in [-0.39, 0.29) is 17.5 Å². The van der Waals surface area contributed by atoms with Crippen molar-refractivity contribution in [3.05, 3.63) is 29.8 Å². The van der Waals surface area contributed by atoms with Gasteiger partial charge in [0.05, 0.1) is 22.7 Å². The summed E-state index contributed by atoms with van der Waals surface area (Å²) in [5.74, 6) is 3.86. The van der Waals surface area contributed by atoms with Crippen LogP contribution in [0.5, 0.6) is 0 Å². The Bertz CT molecular complexity index is 889. The Balaban J connectivity index is 1.47. The van der Waals surface area contributed by atoms with Gasteiger partial charge in [0, 0.05) is 0 Å². The number of likely N-dealkylation sites (tertiary alicyclic amines) is 1. The molecule has 0 N–H and O–H groups in total. The number of hydrogen-bond acceptors (Lipinski definition) is 3. The number of anilines is 1. The van der Waals surface area contributed by atoms with Crippen molar-refractivity contribution < 1.29 is 4.79 Å². The first-order valence-corrected chi connectivity index (χ1v) is 13.1. The minimum absolute atomic E-state index is 0.0712. The summed E-state index contributed by atoms with van der Waals surface area (Å²) in [6, 6.07) is 8.59. The average Bonchev–Trinajstić information content (AvgIpc) is 2.93. The number of aryl methyl sites for hydroxylation is 1. The maximum absolute atomic E-state index is 14.0. The topological polar surface area (TPSA) is 35.9 Å². The van der Waals surface area contributed by atoms with Crippen LogP contribution >= 0.6 is 0 Å². The second-order valence-corrected chi connectivity index (χ2v) is 12.3. The van der Waals surface area contributed by atoms with Gasteiger partial charge in [-0.25, -0.2) is 0 Å². The maximum Gasteiger partial charge on any atom is 0.240 e. The fourth-order valence-corrected chi connectivity index (χ4v) is 8.25. The van der Waals surface area contributed by atoms with Crippen LogP contribution in [0.3, 0.4) is 0 Å². The van der Waals surface area contributed by atoms with E-state index in [2.05, 4.69) is 49.9 Å². The summed E-state index contributed by atoms with van der Waals surface area (Å²) in [6.07, 6.45) is 11.8. The average molecular weight is 434 g/mol. The zero-order valence-corrected chi connectivity index (χ0v) is 20.1. The third-order valence-electron chi connectivity index (χ3n) is 9.32. The quantitative estimate of drug-likeness (QED) is 0.623. The van der Waals surface area contributed by atoms with Crippen LogP contribution in [-0.4, -0.2) is 41.3 Å². The molecule has 0 aromatic heterocycles. The fraction of sp³-hybridized carbons (Fsp3) is 0.714. The van der Waals surface area contributed by atoms with Crippen molar-refractivity contribution in [2.75, 3.05) is 18.0 Å². The van der Waals surface area contributed by atoms with E-state index in [1.54, 1.807) is 0 Å². The SMILES string of the molecule is Cc1ccc(N2C(=O)C(C)(C)[C@H](N3CCCCC3)C2=NC23CC4CC(CC(C4)C2)C3)cc1. The lowest BCUT2D eigenvalue weighted by Gasteiger charge is -2.55. The van der Waals surface area contributed by atoms with Crippen molar-refractivity contribution in [3.8, 4) is 0 Å².